The maximum atomic E-state index is 13.4. The number of amides is 1. The van der Waals surface area contributed by atoms with Gasteiger partial charge in [0.2, 0.25) is 11.7 Å². The van der Waals surface area contributed by atoms with E-state index in [9.17, 15) is 18.8 Å². The minimum Gasteiger partial charge on any atom is -0.494 e. The molecule has 1 N–H and O–H groups in total. The Labute approximate surface area is 161 Å². The summed E-state index contributed by atoms with van der Waals surface area (Å²) in [4.78, 5) is 37.0. The largest absolute Gasteiger partial charge is 0.494 e. The number of rotatable bonds is 6. The van der Waals surface area contributed by atoms with E-state index in [-0.39, 0.29) is 17.9 Å². The van der Waals surface area contributed by atoms with Gasteiger partial charge in [0.05, 0.1) is 12.5 Å². The highest BCUT2D eigenvalue weighted by atomic mass is 19.1. The van der Waals surface area contributed by atoms with E-state index >= 15 is 0 Å². The molecule has 146 valence electrons. The molecule has 6 nitrogen and oxygen atoms in total. The summed E-state index contributed by atoms with van der Waals surface area (Å²) in [5.74, 6) is -2.25. The molecular formula is C21H20FNO5. The molecule has 1 aliphatic rings. The zero-order valence-electron chi connectivity index (χ0n) is 15.5. The Balaban J connectivity index is 1.72. The summed E-state index contributed by atoms with van der Waals surface area (Å²) in [6.07, 6.45) is -1.15. The van der Waals surface area contributed by atoms with Crippen LogP contribution < -0.4 is 10.1 Å². The van der Waals surface area contributed by atoms with Gasteiger partial charge >= 0.3 is 5.97 Å². The average Bonchev–Trinajstić information content (AvgIpc) is 2.67. The maximum absolute atomic E-state index is 13.4. The summed E-state index contributed by atoms with van der Waals surface area (Å²) in [5, 5.41) is 2.54. The fourth-order valence-electron chi connectivity index (χ4n) is 3.07. The lowest BCUT2D eigenvalue weighted by atomic mass is 9.90. The van der Waals surface area contributed by atoms with E-state index in [1.807, 2.05) is 6.92 Å². The van der Waals surface area contributed by atoms with Crippen molar-refractivity contribution >= 4 is 23.3 Å². The third-order valence-electron chi connectivity index (χ3n) is 4.45. The number of fused-ring (bicyclic) bond motifs is 1. The Bertz CT molecular complexity index is 910. The van der Waals surface area contributed by atoms with E-state index < -0.39 is 29.7 Å². The zero-order valence-corrected chi connectivity index (χ0v) is 15.5. The second kappa shape index (κ2) is 8.21. The quantitative estimate of drug-likeness (QED) is 0.608. The van der Waals surface area contributed by atoms with Crippen molar-refractivity contribution in [3.8, 4) is 5.75 Å². The number of anilines is 1. The van der Waals surface area contributed by atoms with Crippen molar-refractivity contribution < 1.29 is 28.2 Å². The smallest absolute Gasteiger partial charge is 0.314 e. The number of Topliss-reactive ketones (excluding diaryl/α,β-unsaturated/α-hetero) is 1. The molecule has 0 aliphatic carbocycles. The van der Waals surface area contributed by atoms with E-state index in [1.54, 1.807) is 24.3 Å². The maximum Gasteiger partial charge on any atom is 0.314 e. The molecule has 2 aromatic rings. The van der Waals surface area contributed by atoms with Crippen molar-refractivity contribution in [2.45, 2.75) is 32.3 Å². The minimum atomic E-state index is -1.03. The fourth-order valence-corrected chi connectivity index (χ4v) is 3.07. The van der Waals surface area contributed by atoms with Gasteiger partial charge in [-0.05, 0) is 55.8 Å². The topological polar surface area (TPSA) is 81.7 Å². The first-order chi connectivity index (χ1) is 13.4. The second-order valence-electron chi connectivity index (χ2n) is 6.44. The molecular weight excluding hydrogens is 365 g/mol. The summed E-state index contributed by atoms with van der Waals surface area (Å²) in [6.45, 7) is 3.85. The monoisotopic (exact) mass is 385 g/mol. The highest BCUT2D eigenvalue weighted by molar-refractivity contribution is 6.02. The van der Waals surface area contributed by atoms with Gasteiger partial charge in [-0.3, -0.25) is 14.4 Å². The summed E-state index contributed by atoms with van der Waals surface area (Å²) in [5.41, 5.74) is 1.09. The third-order valence-corrected chi connectivity index (χ3v) is 4.45. The molecule has 1 heterocycles. The van der Waals surface area contributed by atoms with E-state index in [0.717, 1.165) is 6.07 Å². The number of benzene rings is 2. The molecule has 1 aliphatic heterocycles. The Morgan fingerprint density at radius 3 is 2.61 bits per heavy atom. The van der Waals surface area contributed by atoms with Crippen LogP contribution in [-0.2, 0) is 14.3 Å². The number of halogens is 1. The van der Waals surface area contributed by atoms with Crippen molar-refractivity contribution in [1.29, 1.82) is 0 Å². The number of ketones is 1. The second-order valence-corrected chi connectivity index (χ2v) is 6.44. The van der Waals surface area contributed by atoms with E-state index in [0.29, 0.717) is 23.5 Å². The minimum absolute atomic E-state index is 0.124. The van der Waals surface area contributed by atoms with E-state index in [4.69, 9.17) is 9.47 Å². The van der Waals surface area contributed by atoms with Crippen LogP contribution in [0, 0.1) is 5.82 Å². The van der Waals surface area contributed by atoms with Crippen LogP contribution in [0.3, 0.4) is 0 Å². The van der Waals surface area contributed by atoms with Gasteiger partial charge in [-0.25, -0.2) is 4.39 Å². The Morgan fingerprint density at radius 2 is 1.93 bits per heavy atom. The van der Waals surface area contributed by atoms with Crippen LogP contribution in [0.5, 0.6) is 5.75 Å². The number of carbonyl (C=O) groups excluding carboxylic acids is 3. The molecule has 0 saturated heterocycles. The summed E-state index contributed by atoms with van der Waals surface area (Å²) in [6, 6.07) is 10.3. The predicted molar refractivity (Wildman–Crippen MR) is 99.9 cm³/mol. The van der Waals surface area contributed by atoms with Crippen molar-refractivity contribution in [1.82, 2.24) is 0 Å². The molecule has 0 radical (unpaired) electrons. The lowest BCUT2D eigenvalue weighted by Crippen LogP contribution is -2.32. The number of esters is 1. The van der Waals surface area contributed by atoms with Gasteiger partial charge < -0.3 is 14.8 Å². The molecule has 0 aromatic heterocycles. The first-order valence-corrected chi connectivity index (χ1v) is 8.96. The Kier molecular flexibility index (Phi) is 5.73. The van der Waals surface area contributed by atoms with Gasteiger partial charge in [0.25, 0.3) is 0 Å². The Hall–Kier alpha value is -3.22. The van der Waals surface area contributed by atoms with E-state index in [2.05, 4.69) is 5.32 Å². The number of carbonyl (C=O) groups is 3. The zero-order chi connectivity index (χ0) is 20.3. The molecule has 0 spiro atoms. The highest BCUT2D eigenvalue weighted by Crippen LogP contribution is 2.34. The molecule has 2 aromatic carbocycles. The summed E-state index contributed by atoms with van der Waals surface area (Å²) < 4.78 is 24.1. The first-order valence-electron chi connectivity index (χ1n) is 8.96. The van der Waals surface area contributed by atoms with Crippen LogP contribution in [0.2, 0.25) is 0 Å². The van der Waals surface area contributed by atoms with Gasteiger partial charge in [-0.1, -0.05) is 6.07 Å². The molecule has 2 unspecified atom stereocenters. The third kappa shape index (κ3) is 4.19. The van der Waals surface area contributed by atoms with Crippen LogP contribution in [0.25, 0.3) is 0 Å². The SMILES string of the molecule is CCOc1ccc(C(=O)C(C)OC(=O)C2CC(=O)Nc3cc(F)ccc32)cc1. The molecule has 0 saturated carbocycles. The highest BCUT2D eigenvalue weighted by Gasteiger charge is 2.34. The predicted octanol–water partition coefficient (Wildman–Crippen LogP) is 3.46. The molecule has 7 heteroatoms. The number of ether oxygens (including phenoxy) is 2. The normalized spacial score (nSPS) is 16.5. The number of hydrogen-bond acceptors (Lipinski definition) is 5. The van der Waals surface area contributed by atoms with Gasteiger partial charge in [-0.2, -0.15) is 0 Å². The van der Waals surface area contributed by atoms with Crippen LogP contribution in [0.15, 0.2) is 42.5 Å². The molecule has 0 fully saturated rings. The van der Waals surface area contributed by atoms with Crippen molar-refractivity contribution in [2.75, 3.05) is 11.9 Å². The van der Waals surface area contributed by atoms with Gasteiger partial charge in [-0.15, -0.1) is 0 Å². The molecule has 3 rings (SSSR count). The van der Waals surface area contributed by atoms with Crippen LogP contribution >= 0.6 is 0 Å². The Morgan fingerprint density at radius 1 is 1.21 bits per heavy atom. The average molecular weight is 385 g/mol. The molecule has 2 atom stereocenters. The molecule has 0 bridgehead atoms. The first kappa shape index (κ1) is 19.5. The van der Waals surface area contributed by atoms with Crippen molar-refractivity contribution in [3.05, 3.63) is 59.4 Å². The van der Waals surface area contributed by atoms with E-state index in [1.165, 1.54) is 19.1 Å². The molecule has 1 amide bonds. The molecule has 28 heavy (non-hydrogen) atoms. The number of nitrogens with one attached hydrogen (secondary N) is 1. The van der Waals surface area contributed by atoms with Crippen LogP contribution in [0.4, 0.5) is 10.1 Å². The standard InChI is InChI=1S/C21H20FNO5/c1-3-27-15-7-4-13(5-8-15)20(25)12(2)28-21(26)17-11-19(24)23-18-10-14(22)6-9-16(17)18/h4-10,12,17H,3,11H2,1-2H3,(H,23,24). The fraction of sp³-hybridized carbons (Fsp3) is 0.286. The van der Waals surface area contributed by atoms with Gasteiger partial charge in [0, 0.05) is 17.7 Å². The lowest BCUT2D eigenvalue weighted by Gasteiger charge is -2.25. The van der Waals surface area contributed by atoms with Crippen LogP contribution in [-0.4, -0.2) is 30.4 Å². The van der Waals surface area contributed by atoms with Gasteiger partial charge in [0.15, 0.2) is 6.10 Å². The van der Waals surface area contributed by atoms with Gasteiger partial charge in [0.1, 0.15) is 11.6 Å². The van der Waals surface area contributed by atoms with Crippen LogP contribution in [0.1, 0.15) is 42.1 Å². The summed E-state index contributed by atoms with van der Waals surface area (Å²) in [7, 11) is 0. The lowest BCUT2D eigenvalue weighted by molar-refractivity contribution is -0.149. The number of hydrogen-bond donors (Lipinski definition) is 1. The van der Waals surface area contributed by atoms with Crippen molar-refractivity contribution in [3.63, 3.8) is 0 Å². The van der Waals surface area contributed by atoms with Crippen molar-refractivity contribution in [2.24, 2.45) is 0 Å². The summed E-state index contributed by atoms with van der Waals surface area (Å²) >= 11 is 0.